The maximum Gasteiger partial charge on any atom is 0.0804 e. The molecule has 3 heteroatoms. The van der Waals surface area contributed by atoms with Crippen LogP contribution in [0.3, 0.4) is 0 Å². The van der Waals surface area contributed by atoms with Gasteiger partial charge in [0.25, 0.3) is 0 Å². The van der Waals surface area contributed by atoms with Gasteiger partial charge < -0.3 is 4.57 Å². The minimum Gasteiger partial charge on any atom is -0.351 e. The first-order chi connectivity index (χ1) is 6.89. The minimum absolute atomic E-state index is 1.17. The number of aryl methyl sites for hydroxylation is 1. The Bertz CT molecular complexity index is 508. The Morgan fingerprint density at radius 2 is 1.87 bits per heavy atom. The number of hydrogen-bond acceptors (Lipinski definition) is 0. The van der Waals surface area contributed by atoms with Crippen molar-refractivity contribution in [3.63, 3.8) is 0 Å². The van der Waals surface area contributed by atoms with E-state index in [1.54, 1.807) is 5.19 Å². The summed E-state index contributed by atoms with van der Waals surface area (Å²) in [6.07, 6.45) is 2.29. The summed E-state index contributed by atoms with van der Waals surface area (Å²) in [5, 5.41) is 2.95. The Hall–Kier alpha value is -0.543. The van der Waals surface area contributed by atoms with Crippen LogP contribution in [0, 0.1) is 0 Å². The zero-order chi connectivity index (χ0) is 11.2. The number of rotatable bonds is 1. The van der Waals surface area contributed by atoms with E-state index in [4.69, 9.17) is 0 Å². The maximum absolute atomic E-state index is 3.55. The van der Waals surface area contributed by atoms with Gasteiger partial charge in [-0.1, -0.05) is 35.6 Å². The molecule has 0 unspecified atom stereocenters. The first-order valence-electron chi connectivity index (χ1n) is 5.14. The summed E-state index contributed by atoms with van der Waals surface area (Å²) < 4.78 is 3.40. The van der Waals surface area contributed by atoms with Gasteiger partial charge in [-0.15, -0.1) is 0 Å². The van der Waals surface area contributed by atoms with Gasteiger partial charge in [0, 0.05) is 23.2 Å². The largest absolute Gasteiger partial charge is 0.351 e. The molecule has 2 rings (SSSR count). The quantitative estimate of drug-likeness (QED) is 0.706. The van der Waals surface area contributed by atoms with Crippen LogP contribution in [0.5, 0.6) is 0 Å². The first-order valence-corrected chi connectivity index (χ1v) is 9.44. The van der Waals surface area contributed by atoms with Crippen LogP contribution in [0.15, 0.2) is 28.9 Å². The SMILES string of the molecule is Cn1cc([Si](C)(C)C)c2cc(Br)ccc21. The molecule has 15 heavy (non-hydrogen) atoms. The molecule has 0 aliphatic rings. The van der Waals surface area contributed by atoms with Crippen molar-refractivity contribution in [2.75, 3.05) is 0 Å². The predicted octanol–water partition coefficient (Wildman–Crippen LogP) is 3.49. The fourth-order valence-corrected chi connectivity index (χ4v) is 3.91. The summed E-state index contributed by atoms with van der Waals surface area (Å²) in [4.78, 5) is 0. The molecule has 0 aliphatic heterocycles. The highest BCUT2D eigenvalue weighted by Crippen LogP contribution is 2.21. The highest BCUT2D eigenvalue weighted by molar-refractivity contribution is 9.10. The lowest BCUT2D eigenvalue weighted by molar-refractivity contribution is 0.971. The summed E-state index contributed by atoms with van der Waals surface area (Å²) in [5.41, 5.74) is 1.33. The Balaban J connectivity index is 2.81. The third kappa shape index (κ3) is 1.90. The van der Waals surface area contributed by atoms with E-state index in [0.717, 1.165) is 0 Å². The lowest BCUT2D eigenvalue weighted by Crippen LogP contribution is -2.37. The summed E-state index contributed by atoms with van der Waals surface area (Å²) in [6, 6.07) is 6.53. The molecular formula is C12H16BrNSi. The molecule has 80 valence electrons. The standard InChI is InChI=1S/C12H16BrNSi/c1-14-8-12(15(2,3)4)10-7-9(13)5-6-11(10)14/h5-8H,1-4H3. The molecular weight excluding hydrogens is 266 g/mol. The van der Waals surface area contributed by atoms with Gasteiger partial charge in [-0.25, -0.2) is 0 Å². The Morgan fingerprint density at radius 1 is 1.20 bits per heavy atom. The molecule has 2 aromatic rings. The van der Waals surface area contributed by atoms with Gasteiger partial charge in [0.15, 0.2) is 0 Å². The molecule has 0 saturated heterocycles. The summed E-state index contributed by atoms with van der Waals surface area (Å²) in [5.74, 6) is 0. The molecule has 0 saturated carbocycles. The van der Waals surface area contributed by atoms with E-state index >= 15 is 0 Å². The predicted molar refractivity (Wildman–Crippen MR) is 73.6 cm³/mol. The number of aromatic nitrogens is 1. The van der Waals surface area contributed by atoms with Crippen LogP contribution in [-0.4, -0.2) is 12.6 Å². The van der Waals surface area contributed by atoms with E-state index in [-0.39, 0.29) is 0 Å². The van der Waals surface area contributed by atoms with Crippen molar-refractivity contribution < 1.29 is 0 Å². The van der Waals surface area contributed by atoms with Crippen molar-refractivity contribution in [2.45, 2.75) is 19.6 Å². The monoisotopic (exact) mass is 281 g/mol. The van der Waals surface area contributed by atoms with E-state index in [2.05, 4.69) is 71.6 Å². The second-order valence-electron chi connectivity index (χ2n) is 5.07. The fourth-order valence-electron chi connectivity index (χ4n) is 1.96. The van der Waals surface area contributed by atoms with Crippen LogP contribution in [0.4, 0.5) is 0 Å². The Kier molecular flexibility index (Phi) is 2.55. The van der Waals surface area contributed by atoms with Crippen LogP contribution in [0.2, 0.25) is 19.6 Å². The lowest BCUT2D eigenvalue weighted by atomic mass is 10.2. The zero-order valence-electron chi connectivity index (χ0n) is 9.63. The normalized spacial score (nSPS) is 12.3. The van der Waals surface area contributed by atoms with Crippen molar-refractivity contribution in [1.29, 1.82) is 0 Å². The number of nitrogens with zero attached hydrogens (tertiary/aromatic N) is 1. The molecule has 1 heterocycles. The summed E-state index contributed by atoms with van der Waals surface area (Å²) in [7, 11) is 0.883. The topological polar surface area (TPSA) is 4.93 Å². The van der Waals surface area contributed by atoms with Crippen molar-refractivity contribution in [3.8, 4) is 0 Å². The van der Waals surface area contributed by atoms with Crippen molar-refractivity contribution in [1.82, 2.24) is 4.57 Å². The fraction of sp³-hybridized carbons (Fsp3) is 0.333. The molecule has 1 nitrogen and oxygen atoms in total. The second kappa shape index (κ2) is 3.49. The molecule has 0 atom stereocenters. The van der Waals surface area contributed by atoms with Crippen molar-refractivity contribution in [3.05, 3.63) is 28.9 Å². The van der Waals surface area contributed by atoms with Gasteiger partial charge in [-0.2, -0.15) is 0 Å². The molecule has 0 bridgehead atoms. The average molecular weight is 282 g/mol. The maximum atomic E-state index is 3.55. The Labute approximate surface area is 100 Å². The second-order valence-corrected chi connectivity index (χ2v) is 11.0. The average Bonchev–Trinajstić information content (AvgIpc) is 2.42. The summed E-state index contributed by atoms with van der Waals surface area (Å²) >= 11 is 3.55. The zero-order valence-corrected chi connectivity index (χ0v) is 12.2. The molecule has 0 N–H and O–H groups in total. The van der Waals surface area contributed by atoms with Gasteiger partial charge in [-0.05, 0) is 28.8 Å². The number of hydrogen-bond donors (Lipinski definition) is 0. The smallest absolute Gasteiger partial charge is 0.0804 e. The van der Waals surface area contributed by atoms with Gasteiger partial charge in [0.2, 0.25) is 0 Å². The third-order valence-corrected chi connectivity index (χ3v) is 5.27. The first kappa shape index (κ1) is 11.0. The lowest BCUT2D eigenvalue weighted by Gasteiger charge is -2.14. The van der Waals surface area contributed by atoms with E-state index in [9.17, 15) is 0 Å². The van der Waals surface area contributed by atoms with E-state index in [1.807, 2.05) is 0 Å². The Morgan fingerprint density at radius 3 is 2.47 bits per heavy atom. The van der Waals surface area contributed by atoms with Crippen LogP contribution >= 0.6 is 15.9 Å². The molecule has 0 amide bonds. The molecule has 1 aromatic heterocycles. The van der Waals surface area contributed by atoms with Gasteiger partial charge in [-0.3, -0.25) is 0 Å². The van der Waals surface area contributed by atoms with Crippen LogP contribution < -0.4 is 5.19 Å². The van der Waals surface area contributed by atoms with Crippen molar-refractivity contribution >= 4 is 40.1 Å². The molecule has 0 aliphatic carbocycles. The highest BCUT2D eigenvalue weighted by Gasteiger charge is 2.21. The van der Waals surface area contributed by atoms with Gasteiger partial charge in [0.1, 0.15) is 0 Å². The number of fused-ring (bicyclic) bond motifs is 1. The molecule has 1 aromatic carbocycles. The van der Waals surface area contributed by atoms with Crippen LogP contribution in [0.25, 0.3) is 10.9 Å². The van der Waals surface area contributed by atoms with Crippen molar-refractivity contribution in [2.24, 2.45) is 7.05 Å². The highest BCUT2D eigenvalue weighted by atomic mass is 79.9. The van der Waals surface area contributed by atoms with E-state index in [0.29, 0.717) is 0 Å². The van der Waals surface area contributed by atoms with Gasteiger partial charge >= 0.3 is 0 Å². The van der Waals surface area contributed by atoms with Crippen LogP contribution in [-0.2, 0) is 7.05 Å². The van der Waals surface area contributed by atoms with E-state index < -0.39 is 8.07 Å². The molecule has 0 spiro atoms. The number of benzene rings is 1. The molecule has 0 radical (unpaired) electrons. The van der Waals surface area contributed by atoms with Crippen LogP contribution in [0.1, 0.15) is 0 Å². The van der Waals surface area contributed by atoms with E-state index in [1.165, 1.54) is 15.4 Å². The summed E-state index contributed by atoms with van der Waals surface area (Å²) in [6.45, 7) is 7.17. The third-order valence-electron chi connectivity index (χ3n) is 2.76. The number of halogens is 1. The van der Waals surface area contributed by atoms with Gasteiger partial charge in [0.05, 0.1) is 8.07 Å². The minimum atomic E-state index is -1.24. The molecule has 0 fully saturated rings.